The number of non-ortho nitro benzene ring substituents is 1. The van der Waals surface area contributed by atoms with Crippen molar-refractivity contribution >= 4 is 37.9 Å². The first-order chi connectivity index (χ1) is 9.39. The van der Waals surface area contributed by atoms with Gasteiger partial charge in [0.2, 0.25) is 0 Å². The number of rotatable bonds is 4. The molecule has 1 aromatic heterocycles. The first-order valence-corrected chi connectivity index (χ1v) is 7.78. The number of alkyl halides is 1. The van der Waals surface area contributed by atoms with Gasteiger partial charge in [-0.05, 0) is 19.1 Å². The van der Waals surface area contributed by atoms with Gasteiger partial charge < -0.3 is 0 Å². The van der Waals surface area contributed by atoms with Crippen molar-refractivity contribution in [2.75, 3.05) is 5.88 Å². The van der Waals surface area contributed by atoms with Crippen LogP contribution in [0, 0.1) is 10.1 Å². The second-order valence-corrected chi connectivity index (χ2v) is 6.91. The Bertz CT molecular complexity index is 776. The maximum atomic E-state index is 12.4. The third-order valence-corrected chi connectivity index (χ3v) is 5.85. The summed E-state index contributed by atoms with van der Waals surface area (Å²) in [5.41, 5.74) is -0.175. The van der Waals surface area contributed by atoms with Crippen LogP contribution in [0.3, 0.4) is 0 Å². The Labute approximate surface area is 120 Å². The summed E-state index contributed by atoms with van der Waals surface area (Å²) in [5, 5.41) is 10.7. The van der Waals surface area contributed by atoms with E-state index in [0.717, 1.165) is 0 Å². The molecule has 0 aliphatic carbocycles. The van der Waals surface area contributed by atoms with Gasteiger partial charge in [-0.3, -0.25) is 15.1 Å². The predicted octanol–water partition coefficient (Wildman–Crippen LogP) is 2.54. The zero-order valence-electron chi connectivity index (χ0n) is 10.5. The van der Waals surface area contributed by atoms with Crippen molar-refractivity contribution in [1.82, 2.24) is 4.98 Å². The molecule has 0 bridgehead atoms. The van der Waals surface area contributed by atoms with E-state index >= 15 is 0 Å². The van der Waals surface area contributed by atoms with Crippen LogP contribution in [-0.4, -0.2) is 29.5 Å². The molecular formula is C12H11ClN2O4S. The second kappa shape index (κ2) is 5.34. The molecule has 0 saturated heterocycles. The molecule has 8 heteroatoms. The smallest absolute Gasteiger partial charge is 0.264 e. The number of hydrogen-bond donors (Lipinski definition) is 0. The number of aromatic nitrogens is 1. The number of benzene rings is 1. The molecule has 1 heterocycles. The molecule has 1 atom stereocenters. The maximum Gasteiger partial charge on any atom is 0.278 e. The lowest BCUT2D eigenvalue weighted by Gasteiger charge is -2.12. The molecule has 106 valence electrons. The zero-order valence-corrected chi connectivity index (χ0v) is 12.1. The SMILES string of the molecule is CC(CCl)S(=O)(=O)c1ccc([N+](=O)[O-])c2cnccc12. The van der Waals surface area contributed by atoms with Crippen LogP contribution in [0.4, 0.5) is 5.69 Å². The summed E-state index contributed by atoms with van der Waals surface area (Å²) >= 11 is 5.62. The highest BCUT2D eigenvalue weighted by Crippen LogP contribution is 2.32. The van der Waals surface area contributed by atoms with Crippen LogP contribution in [0.5, 0.6) is 0 Å². The topological polar surface area (TPSA) is 90.2 Å². The standard InChI is InChI=1S/C12H11ClN2O4S/c1-8(6-13)20(18,19)12-3-2-11(15(16)17)10-7-14-5-4-9(10)12/h2-5,7-8H,6H2,1H3. The van der Waals surface area contributed by atoms with E-state index in [1.54, 1.807) is 0 Å². The fourth-order valence-corrected chi connectivity index (χ4v) is 3.69. The molecule has 0 fully saturated rings. The van der Waals surface area contributed by atoms with Crippen molar-refractivity contribution < 1.29 is 13.3 Å². The molecule has 0 spiro atoms. The van der Waals surface area contributed by atoms with E-state index in [1.165, 1.54) is 37.5 Å². The minimum absolute atomic E-state index is 0.0358. The molecular weight excluding hydrogens is 304 g/mol. The minimum Gasteiger partial charge on any atom is -0.264 e. The summed E-state index contributed by atoms with van der Waals surface area (Å²) in [6.07, 6.45) is 2.69. The normalized spacial score (nSPS) is 13.3. The van der Waals surface area contributed by atoms with E-state index in [0.29, 0.717) is 0 Å². The van der Waals surface area contributed by atoms with Gasteiger partial charge in [-0.1, -0.05) is 0 Å². The summed E-state index contributed by atoms with van der Waals surface area (Å²) in [6, 6.07) is 3.88. The second-order valence-electron chi connectivity index (χ2n) is 4.27. The Morgan fingerprint density at radius 2 is 2.05 bits per heavy atom. The lowest BCUT2D eigenvalue weighted by Crippen LogP contribution is -2.19. The van der Waals surface area contributed by atoms with Gasteiger partial charge >= 0.3 is 0 Å². The van der Waals surface area contributed by atoms with Gasteiger partial charge in [0.05, 0.1) is 20.5 Å². The van der Waals surface area contributed by atoms with Crippen LogP contribution in [0.2, 0.25) is 0 Å². The van der Waals surface area contributed by atoms with Crippen molar-refractivity contribution in [2.24, 2.45) is 0 Å². The molecule has 1 aromatic carbocycles. The molecule has 0 aliphatic heterocycles. The molecule has 0 radical (unpaired) electrons. The minimum atomic E-state index is -3.64. The summed E-state index contributed by atoms with van der Waals surface area (Å²) in [5.74, 6) is -0.0497. The zero-order chi connectivity index (χ0) is 14.9. The van der Waals surface area contributed by atoms with E-state index in [2.05, 4.69) is 4.98 Å². The molecule has 6 nitrogen and oxygen atoms in total. The summed E-state index contributed by atoms with van der Waals surface area (Å²) in [6.45, 7) is 1.50. The van der Waals surface area contributed by atoms with Crippen LogP contribution >= 0.6 is 11.6 Å². The number of nitrogens with zero attached hydrogens (tertiary/aromatic N) is 2. The van der Waals surface area contributed by atoms with Crippen LogP contribution in [-0.2, 0) is 9.84 Å². The molecule has 0 saturated carbocycles. The largest absolute Gasteiger partial charge is 0.278 e. The van der Waals surface area contributed by atoms with Crippen LogP contribution < -0.4 is 0 Å². The van der Waals surface area contributed by atoms with Gasteiger partial charge in [0, 0.05) is 29.7 Å². The van der Waals surface area contributed by atoms with Gasteiger partial charge in [0.15, 0.2) is 9.84 Å². The highest BCUT2D eigenvalue weighted by atomic mass is 35.5. The Morgan fingerprint density at radius 1 is 1.35 bits per heavy atom. The first kappa shape index (κ1) is 14.7. The van der Waals surface area contributed by atoms with E-state index in [-0.39, 0.29) is 27.2 Å². The number of nitro groups is 1. The maximum absolute atomic E-state index is 12.4. The molecule has 2 aromatic rings. The number of hydrogen-bond acceptors (Lipinski definition) is 5. The highest BCUT2D eigenvalue weighted by Gasteiger charge is 2.26. The van der Waals surface area contributed by atoms with Crippen molar-refractivity contribution in [2.45, 2.75) is 17.1 Å². The van der Waals surface area contributed by atoms with Gasteiger partial charge in [0.25, 0.3) is 5.69 Å². The molecule has 20 heavy (non-hydrogen) atoms. The van der Waals surface area contributed by atoms with Crippen molar-refractivity contribution in [3.8, 4) is 0 Å². The average molecular weight is 315 g/mol. The van der Waals surface area contributed by atoms with Gasteiger partial charge in [0.1, 0.15) is 0 Å². The number of halogens is 1. The Hall–Kier alpha value is -1.73. The van der Waals surface area contributed by atoms with E-state index < -0.39 is 20.0 Å². The lowest BCUT2D eigenvalue weighted by atomic mass is 10.1. The van der Waals surface area contributed by atoms with Crippen molar-refractivity contribution in [3.63, 3.8) is 0 Å². The van der Waals surface area contributed by atoms with Crippen molar-refractivity contribution in [3.05, 3.63) is 40.7 Å². The quantitative estimate of drug-likeness (QED) is 0.491. The summed E-state index contributed by atoms with van der Waals surface area (Å²) < 4.78 is 24.8. The molecule has 0 aliphatic rings. The summed E-state index contributed by atoms with van der Waals surface area (Å²) in [7, 11) is -3.64. The van der Waals surface area contributed by atoms with E-state index in [4.69, 9.17) is 11.6 Å². The molecule has 1 unspecified atom stereocenters. The lowest BCUT2D eigenvalue weighted by molar-refractivity contribution is -0.383. The fraction of sp³-hybridized carbons (Fsp3) is 0.250. The van der Waals surface area contributed by atoms with Gasteiger partial charge in [-0.25, -0.2) is 8.42 Å². The number of nitro benzene ring substituents is 1. The molecule has 0 amide bonds. The number of pyridine rings is 1. The monoisotopic (exact) mass is 314 g/mol. The Balaban J connectivity index is 2.82. The van der Waals surface area contributed by atoms with Gasteiger partial charge in [-0.2, -0.15) is 0 Å². The predicted molar refractivity (Wildman–Crippen MR) is 75.8 cm³/mol. The fourth-order valence-electron chi connectivity index (χ4n) is 1.85. The van der Waals surface area contributed by atoms with Gasteiger partial charge in [-0.15, -0.1) is 11.6 Å². The number of fused-ring (bicyclic) bond motifs is 1. The van der Waals surface area contributed by atoms with E-state index in [1.807, 2.05) is 0 Å². The highest BCUT2D eigenvalue weighted by molar-refractivity contribution is 7.92. The van der Waals surface area contributed by atoms with Crippen molar-refractivity contribution in [1.29, 1.82) is 0 Å². The Kier molecular flexibility index (Phi) is 3.92. The summed E-state index contributed by atoms with van der Waals surface area (Å²) in [4.78, 5) is 14.3. The van der Waals surface area contributed by atoms with Crippen LogP contribution in [0.25, 0.3) is 10.8 Å². The van der Waals surface area contributed by atoms with Crippen LogP contribution in [0.15, 0.2) is 35.5 Å². The number of sulfone groups is 1. The molecule has 2 rings (SSSR count). The van der Waals surface area contributed by atoms with Crippen LogP contribution in [0.1, 0.15) is 6.92 Å². The first-order valence-electron chi connectivity index (χ1n) is 5.70. The third-order valence-electron chi connectivity index (χ3n) is 3.01. The third kappa shape index (κ3) is 2.34. The van der Waals surface area contributed by atoms with E-state index in [9.17, 15) is 18.5 Å². The molecule has 0 N–H and O–H groups in total. The average Bonchev–Trinajstić information content (AvgIpc) is 2.44. The Morgan fingerprint density at radius 3 is 2.65 bits per heavy atom.